The SMILES string of the molecule is CCOc1cc(Br)cc(/C=C2/SC(=S)N(C)C2=O)c1O. The first-order valence-corrected chi connectivity index (χ1v) is 7.82. The highest BCUT2D eigenvalue weighted by atomic mass is 79.9. The number of rotatable bonds is 3. The van der Waals surface area contributed by atoms with Gasteiger partial charge in [-0.15, -0.1) is 0 Å². The quantitative estimate of drug-likeness (QED) is 0.649. The zero-order valence-corrected chi connectivity index (χ0v) is 14.1. The summed E-state index contributed by atoms with van der Waals surface area (Å²) in [4.78, 5) is 13.8. The first-order valence-electron chi connectivity index (χ1n) is 5.81. The van der Waals surface area contributed by atoms with Crippen molar-refractivity contribution >= 4 is 56.2 Å². The molecule has 1 aromatic rings. The van der Waals surface area contributed by atoms with Crippen LogP contribution >= 0.6 is 39.9 Å². The molecule has 1 aliphatic rings. The number of nitrogens with zero attached hydrogens (tertiary/aromatic N) is 1. The van der Waals surface area contributed by atoms with E-state index in [1.807, 2.05) is 6.92 Å². The van der Waals surface area contributed by atoms with Crippen molar-refractivity contribution in [2.45, 2.75) is 6.92 Å². The van der Waals surface area contributed by atoms with E-state index in [0.29, 0.717) is 27.1 Å². The van der Waals surface area contributed by atoms with E-state index in [0.717, 1.165) is 4.47 Å². The molecule has 0 spiro atoms. The highest BCUT2D eigenvalue weighted by molar-refractivity contribution is 9.10. The Kier molecular flexibility index (Phi) is 4.72. The Labute approximate surface area is 134 Å². The van der Waals surface area contributed by atoms with E-state index in [1.165, 1.54) is 16.7 Å². The number of benzene rings is 1. The lowest BCUT2D eigenvalue weighted by Gasteiger charge is -2.09. The van der Waals surface area contributed by atoms with Crippen LogP contribution in [0.25, 0.3) is 6.08 Å². The predicted octanol–water partition coefficient (Wildman–Crippen LogP) is 3.38. The summed E-state index contributed by atoms with van der Waals surface area (Å²) in [5.41, 5.74) is 0.511. The van der Waals surface area contributed by atoms with Gasteiger partial charge in [0.15, 0.2) is 11.5 Å². The maximum Gasteiger partial charge on any atom is 0.265 e. The monoisotopic (exact) mass is 373 g/mol. The van der Waals surface area contributed by atoms with Crippen LogP contribution in [0.4, 0.5) is 0 Å². The first kappa shape index (κ1) is 15.3. The standard InChI is InChI=1S/C13H12BrNO3S2/c1-3-18-9-6-8(14)4-7(11(9)16)5-10-12(17)15(2)13(19)20-10/h4-6,16H,3H2,1-2H3/b10-5+. The van der Waals surface area contributed by atoms with Gasteiger partial charge in [-0.2, -0.15) is 0 Å². The van der Waals surface area contributed by atoms with Gasteiger partial charge < -0.3 is 9.84 Å². The van der Waals surface area contributed by atoms with Gasteiger partial charge in [0.2, 0.25) is 0 Å². The summed E-state index contributed by atoms with van der Waals surface area (Å²) in [5.74, 6) is 0.217. The summed E-state index contributed by atoms with van der Waals surface area (Å²) in [7, 11) is 1.63. The third-order valence-electron chi connectivity index (χ3n) is 2.64. The number of ether oxygens (including phenoxy) is 1. The summed E-state index contributed by atoms with van der Waals surface area (Å²) >= 11 is 9.64. The minimum Gasteiger partial charge on any atom is -0.504 e. The molecule has 0 unspecified atom stereocenters. The van der Waals surface area contributed by atoms with Crippen molar-refractivity contribution in [2.75, 3.05) is 13.7 Å². The predicted molar refractivity (Wildman–Crippen MR) is 87.9 cm³/mol. The molecule has 1 aliphatic heterocycles. The average Bonchev–Trinajstić information content (AvgIpc) is 2.63. The van der Waals surface area contributed by atoms with Crippen molar-refractivity contribution < 1.29 is 14.6 Å². The van der Waals surface area contributed by atoms with Crippen LogP contribution in [0.2, 0.25) is 0 Å². The fourth-order valence-electron chi connectivity index (χ4n) is 1.66. The number of phenols is 1. The maximum atomic E-state index is 12.0. The van der Waals surface area contributed by atoms with Crippen LogP contribution in [0, 0.1) is 0 Å². The topological polar surface area (TPSA) is 49.8 Å². The van der Waals surface area contributed by atoms with Crippen molar-refractivity contribution in [3.8, 4) is 11.5 Å². The number of thioether (sulfide) groups is 1. The summed E-state index contributed by atoms with van der Waals surface area (Å²) in [6.45, 7) is 2.28. The van der Waals surface area contributed by atoms with Crippen LogP contribution in [0.5, 0.6) is 11.5 Å². The molecule has 1 amide bonds. The number of hydrogen-bond donors (Lipinski definition) is 1. The molecule has 0 radical (unpaired) electrons. The fraction of sp³-hybridized carbons (Fsp3) is 0.231. The number of halogens is 1. The lowest BCUT2D eigenvalue weighted by atomic mass is 10.1. The molecule has 0 bridgehead atoms. The molecule has 1 fully saturated rings. The minimum atomic E-state index is -0.169. The number of carbonyl (C=O) groups is 1. The van der Waals surface area contributed by atoms with Crippen molar-refractivity contribution in [1.82, 2.24) is 4.90 Å². The van der Waals surface area contributed by atoms with Gasteiger partial charge in [0.25, 0.3) is 5.91 Å². The van der Waals surface area contributed by atoms with Crippen LogP contribution in [0.15, 0.2) is 21.5 Å². The highest BCUT2D eigenvalue weighted by Crippen LogP contribution is 2.38. The van der Waals surface area contributed by atoms with E-state index < -0.39 is 0 Å². The van der Waals surface area contributed by atoms with Gasteiger partial charge in [0, 0.05) is 17.1 Å². The van der Waals surface area contributed by atoms with E-state index in [4.69, 9.17) is 17.0 Å². The van der Waals surface area contributed by atoms with Crippen LogP contribution in [-0.4, -0.2) is 33.9 Å². The number of phenolic OH excluding ortho intramolecular Hbond substituents is 1. The molecule has 0 aromatic heterocycles. The molecule has 7 heteroatoms. The van der Waals surface area contributed by atoms with Crippen LogP contribution < -0.4 is 4.74 Å². The van der Waals surface area contributed by atoms with Crippen LogP contribution in [0.3, 0.4) is 0 Å². The van der Waals surface area contributed by atoms with Gasteiger partial charge >= 0.3 is 0 Å². The Balaban J connectivity index is 2.44. The fourth-order valence-corrected chi connectivity index (χ4v) is 3.28. The lowest BCUT2D eigenvalue weighted by molar-refractivity contribution is -0.121. The van der Waals surface area contributed by atoms with E-state index in [2.05, 4.69) is 15.9 Å². The second-order valence-corrected chi connectivity index (χ2v) is 6.61. The Morgan fingerprint density at radius 2 is 2.25 bits per heavy atom. The highest BCUT2D eigenvalue weighted by Gasteiger charge is 2.29. The van der Waals surface area contributed by atoms with Crippen LogP contribution in [-0.2, 0) is 4.79 Å². The van der Waals surface area contributed by atoms with Gasteiger partial charge in [-0.25, -0.2) is 0 Å². The third kappa shape index (κ3) is 2.99. The number of amides is 1. The second-order valence-electron chi connectivity index (χ2n) is 4.02. The molecule has 106 valence electrons. The molecule has 20 heavy (non-hydrogen) atoms. The molecular weight excluding hydrogens is 362 g/mol. The van der Waals surface area contributed by atoms with Gasteiger partial charge in [0.05, 0.1) is 11.5 Å². The summed E-state index contributed by atoms with van der Waals surface area (Å²) in [6.07, 6.45) is 1.62. The van der Waals surface area contributed by atoms with E-state index in [9.17, 15) is 9.90 Å². The number of aromatic hydroxyl groups is 1. The van der Waals surface area contributed by atoms with Crippen molar-refractivity contribution in [1.29, 1.82) is 0 Å². The smallest absolute Gasteiger partial charge is 0.265 e. The second kappa shape index (κ2) is 6.15. The number of likely N-dealkylation sites (N-methyl/N-ethyl adjacent to an activating group) is 1. The normalized spacial score (nSPS) is 17.1. The largest absolute Gasteiger partial charge is 0.504 e. The zero-order valence-electron chi connectivity index (χ0n) is 10.8. The molecule has 1 heterocycles. The number of thiocarbonyl (C=S) groups is 1. The molecule has 0 atom stereocenters. The molecule has 0 aliphatic carbocycles. The minimum absolute atomic E-state index is 0.0106. The molecule has 1 saturated heterocycles. The van der Waals surface area contributed by atoms with Gasteiger partial charge in [-0.3, -0.25) is 9.69 Å². The van der Waals surface area contributed by atoms with E-state index in [-0.39, 0.29) is 11.7 Å². The van der Waals surface area contributed by atoms with Crippen molar-refractivity contribution in [2.24, 2.45) is 0 Å². The summed E-state index contributed by atoms with van der Waals surface area (Å²) in [5, 5.41) is 10.2. The Morgan fingerprint density at radius 3 is 2.80 bits per heavy atom. The number of hydrogen-bond acceptors (Lipinski definition) is 5. The van der Waals surface area contributed by atoms with Gasteiger partial charge in [0.1, 0.15) is 4.32 Å². The molecule has 1 N–H and O–H groups in total. The summed E-state index contributed by atoms with van der Waals surface area (Å²) < 4.78 is 6.62. The number of carbonyl (C=O) groups excluding carboxylic acids is 1. The average molecular weight is 374 g/mol. The van der Waals surface area contributed by atoms with Crippen LogP contribution in [0.1, 0.15) is 12.5 Å². The van der Waals surface area contributed by atoms with E-state index in [1.54, 1.807) is 25.3 Å². The Hall–Kier alpha value is -1.05. The molecular formula is C13H12BrNO3S2. The zero-order chi connectivity index (χ0) is 14.9. The molecule has 0 saturated carbocycles. The molecule has 4 nitrogen and oxygen atoms in total. The third-order valence-corrected chi connectivity index (χ3v) is 4.58. The summed E-state index contributed by atoms with van der Waals surface area (Å²) in [6, 6.07) is 3.40. The Bertz CT molecular complexity index is 616. The van der Waals surface area contributed by atoms with E-state index >= 15 is 0 Å². The van der Waals surface area contributed by atoms with Crippen molar-refractivity contribution in [3.05, 3.63) is 27.1 Å². The van der Waals surface area contributed by atoms with Gasteiger partial charge in [-0.05, 0) is 25.1 Å². The maximum absolute atomic E-state index is 12.0. The van der Waals surface area contributed by atoms with Gasteiger partial charge in [-0.1, -0.05) is 39.9 Å². The first-order chi connectivity index (χ1) is 9.43. The van der Waals surface area contributed by atoms with Crippen molar-refractivity contribution in [3.63, 3.8) is 0 Å². The molecule has 2 rings (SSSR count). The lowest BCUT2D eigenvalue weighted by Crippen LogP contribution is -2.22. The Morgan fingerprint density at radius 1 is 1.55 bits per heavy atom. The molecule has 1 aromatic carbocycles.